The van der Waals surface area contributed by atoms with Gasteiger partial charge in [0.25, 0.3) is 0 Å². The molecule has 1 heterocycles. The first-order valence-corrected chi connectivity index (χ1v) is 6.63. The number of esters is 1. The van der Waals surface area contributed by atoms with E-state index < -0.39 is 5.97 Å². The van der Waals surface area contributed by atoms with Gasteiger partial charge in [0.1, 0.15) is 17.6 Å². The molecule has 1 aromatic carbocycles. The molecule has 7 nitrogen and oxygen atoms in total. The number of nitrogens with two attached hydrogens (primary N) is 1. The summed E-state index contributed by atoms with van der Waals surface area (Å²) in [6.07, 6.45) is 2.37. The van der Waals surface area contributed by atoms with Gasteiger partial charge in [-0.3, -0.25) is 0 Å². The van der Waals surface area contributed by atoms with Crippen molar-refractivity contribution in [3.05, 3.63) is 35.9 Å². The number of methoxy groups -OCH3 is 1. The molecule has 0 saturated heterocycles. The van der Waals surface area contributed by atoms with E-state index in [1.54, 1.807) is 16.8 Å². The lowest BCUT2D eigenvalue weighted by Crippen LogP contribution is -2.12. The van der Waals surface area contributed by atoms with Crippen molar-refractivity contribution in [2.24, 2.45) is 0 Å². The van der Waals surface area contributed by atoms with E-state index in [-0.39, 0.29) is 6.61 Å². The topological polar surface area (TPSA) is 92.3 Å². The summed E-state index contributed by atoms with van der Waals surface area (Å²) < 4.78 is 12.1. The van der Waals surface area contributed by atoms with Gasteiger partial charge in [-0.2, -0.15) is 5.10 Å². The van der Waals surface area contributed by atoms with Crippen LogP contribution < -0.4 is 10.5 Å². The molecule has 0 spiro atoms. The number of carbonyl (C=O) groups excluding carboxylic acids is 1. The minimum atomic E-state index is -0.509. The highest BCUT2D eigenvalue weighted by Gasteiger charge is 2.15. The van der Waals surface area contributed by atoms with Crippen LogP contribution in [0.1, 0.15) is 29.5 Å². The number of aryl methyl sites for hydroxylation is 1. The van der Waals surface area contributed by atoms with E-state index in [4.69, 9.17) is 15.2 Å². The Kier molecular flexibility index (Phi) is 4.76. The molecule has 0 saturated carbocycles. The Bertz CT molecular complexity index is 624. The van der Waals surface area contributed by atoms with Gasteiger partial charge in [0, 0.05) is 12.2 Å². The summed E-state index contributed by atoms with van der Waals surface area (Å²) in [6.45, 7) is 2.82. The molecule has 2 aromatic rings. The average Bonchev–Trinajstić information content (AvgIpc) is 2.92. The predicted octanol–water partition coefficient (Wildman–Crippen LogP) is 1.64. The predicted molar refractivity (Wildman–Crippen MR) is 76.8 cm³/mol. The van der Waals surface area contributed by atoms with Crippen LogP contribution in [-0.4, -0.2) is 27.8 Å². The van der Waals surface area contributed by atoms with E-state index in [2.05, 4.69) is 10.1 Å². The number of rotatable bonds is 6. The molecule has 0 bridgehead atoms. The van der Waals surface area contributed by atoms with Gasteiger partial charge in [-0.1, -0.05) is 6.92 Å². The highest BCUT2D eigenvalue weighted by atomic mass is 16.5. The largest absolute Gasteiger partial charge is 0.496 e. The van der Waals surface area contributed by atoms with E-state index >= 15 is 0 Å². The number of hydrogen-bond donors (Lipinski definition) is 1. The van der Waals surface area contributed by atoms with E-state index in [0.717, 1.165) is 13.0 Å². The normalized spacial score (nSPS) is 10.4. The SMILES string of the molecule is CCCn1ncnc1COC(=O)c1cc(N)ccc1OC. The Balaban J connectivity index is 2.08. The third-order valence-electron chi connectivity index (χ3n) is 2.91. The number of carbonyl (C=O) groups is 1. The monoisotopic (exact) mass is 290 g/mol. The zero-order chi connectivity index (χ0) is 15.2. The van der Waals surface area contributed by atoms with E-state index in [9.17, 15) is 4.79 Å². The van der Waals surface area contributed by atoms with Crippen molar-refractivity contribution in [2.45, 2.75) is 26.5 Å². The maximum absolute atomic E-state index is 12.1. The third-order valence-corrected chi connectivity index (χ3v) is 2.91. The summed E-state index contributed by atoms with van der Waals surface area (Å²) in [7, 11) is 1.49. The van der Waals surface area contributed by atoms with Gasteiger partial charge in [0.15, 0.2) is 12.4 Å². The van der Waals surface area contributed by atoms with Crippen LogP contribution in [0.2, 0.25) is 0 Å². The fourth-order valence-corrected chi connectivity index (χ4v) is 1.89. The first-order chi connectivity index (χ1) is 10.2. The molecule has 7 heteroatoms. The molecule has 0 atom stereocenters. The van der Waals surface area contributed by atoms with Crippen molar-refractivity contribution >= 4 is 11.7 Å². The molecular weight excluding hydrogens is 272 g/mol. The Labute approximate surface area is 122 Å². The Morgan fingerprint density at radius 3 is 2.95 bits per heavy atom. The van der Waals surface area contributed by atoms with Crippen LogP contribution >= 0.6 is 0 Å². The standard InChI is InChI=1S/C14H18N4O3/c1-3-6-18-13(16-9-17-18)8-21-14(19)11-7-10(15)4-5-12(11)20-2/h4-5,7,9H,3,6,8,15H2,1-2H3. The van der Waals surface area contributed by atoms with Crippen LogP contribution in [0.5, 0.6) is 5.75 Å². The van der Waals surface area contributed by atoms with Crippen molar-refractivity contribution in [3.8, 4) is 5.75 Å². The summed E-state index contributed by atoms with van der Waals surface area (Å²) in [5.74, 6) is 0.516. The summed E-state index contributed by atoms with van der Waals surface area (Å²) in [4.78, 5) is 16.2. The smallest absolute Gasteiger partial charge is 0.342 e. The molecule has 0 aliphatic heterocycles. The Morgan fingerprint density at radius 2 is 2.24 bits per heavy atom. The summed E-state index contributed by atoms with van der Waals surface area (Å²) in [5, 5.41) is 4.07. The maximum Gasteiger partial charge on any atom is 0.342 e. The van der Waals surface area contributed by atoms with Gasteiger partial charge >= 0.3 is 5.97 Å². The number of aromatic nitrogens is 3. The molecule has 112 valence electrons. The molecule has 21 heavy (non-hydrogen) atoms. The van der Waals surface area contributed by atoms with Gasteiger partial charge < -0.3 is 15.2 Å². The zero-order valence-corrected chi connectivity index (χ0v) is 12.1. The molecule has 2 rings (SSSR count). The maximum atomic E-state index is 12.1. The van der Waals surface area contributed by atoms with Gasteiger partial charge in [-0.25, -0.2) is 14.5 Å². The van der Waals surface area contributed by atoms with Crippen LogP contribution in [0, 0.1) is 0 Å². The second-order valence-electron chi connectivity index (χ2n) is 4.44. The number of hydrogen-bond acceptors (Lipinski definition) is 6. The summed E-state index contributed by atoms with van der Waals surface area (Å²) in [6, 6.07) is 4.82. The van der Waals surface area contributed by atoms with E-state index in [0.29, 0.717) is 22.8 Å². The summed E-state index contributed by atoms with van der Waals surface area (Å²) >= 11 is 0. The molecule has 0 aliphatic carbocycles. The van der Waals surface area contributed by atoms with Crippen LogP contribution in [0.25, 0.3) is 0 Å². The first-order valence-electron chi connectivity index (χ1n) is 6.63. The van der Waals surface area contributed by atoms with Gasteiger partial charge in [-0.15, -0.1) is 0 Å². The molecule has 0 unspecified atom stereocenters. The third kappa shape index (κ3) is 3.50. The lowest BCUT2D eigenvalue weighted by molar-refractivity contribution is 0.0453. The number of nitrogen functional groups attached to an aromatic ring is 1. The molecule has 0 amide bonds. The quantitative estimate of drug-likeness (QED) is 0.642. The van der Waals surface area contributed by atoms with Gasteiger partial charge in [0.2, 0.25) is 0 Å². The lowest BCUT2D eigenvalue weighted by Gasteiger charge is -2.09. The van der Waals surface area contributed by atoms with Crippen LogP contribution in [0.4, 0.5) is 5.69 Å². The minimum absolute atomic E-state index is 0.0524. The Hall–Kier alpha value is -2.57. The molecule has 1 aromatic heterocycles. The molecule has 0 aliphatic rings. The number of benzene rings is 1. The fourth-order valence-electron chi connectivity index (χ4n) is 1.89. The molecule has 2 N–H and O–H groups in total. The fraction of sp³-hybridized carbons (Fsp3) is 0.357. The second kappa shape index (κ2) is 6.74. The lowest BCUT2D eigenvalue weighted by atomic mass is 10.2. The van der Waals surface area contributed by atoms with Crippen LogP contribution in [-0.2, 0) is 17.9 Å². The highest BCUT2D eigenvalue weighted by Crippen LogP contribution is 2.22. The summed E-state index contributed by atoms with van der Waals surface area (Å²) in [5.41, 5.74) is 6.44. The van der Waals surface area contributed by atoms with Crippen molar-refractivity contribution in [1.29, 1.82) is 0 Å². The van der Waals surface area contributed by atoms with E-state index in [1.165, 1.54) is 19.5 Å². The van der Waals surface area contributed by atoms with Gasteiger partial charge in [0.05, 0.1) is 7.11 Å². The Morgan fingerprint density at radius 1 is 1.43 bits per heavy atom. The number of nitrogens with zero attached hydrogens (tertiary/aromatic N) is 3. The van der Waals surface area contributed by atoms with Crippen molar-refractivity contribution < 1.29 is 14.3 Å². The van der Waals surface area contributed by atoms with Crippen molar-refractivity contribution in [2.75, 3.05) is 12.8 Å². The zero-order valence-electron chi connectivity index (χ0n) is 12.1. The average molecular weight is 290 g/mol. The van der Waals surface area contributed by atoms with E-state index in [1.807, 2.05) is 6.92 Å². The first kappa shape index (κ1) is 14.8. The molecular formula is C14H18N4O3. The molecule has 0 fully saturated rings. The molecule has 0 radical (unpaired) electrons. The van der Waals surface area contributed by atoms with Crippen molar-refractivity contribution in [1.82, 2.24) is 14.8 Å². The highest BCUT2D eigenvalue weighted by molar-refractivity contribution is 5.93. The minimum Gasteiger partial charge on any atom is -0.496 e. The van der Waals surface area contributed by atoms with Crippen LogP contribution in [0.3, 0.4) is 0 Å². The van der Waals surface area contributed by atoms with Crippen molar-refractivity contribution in [3.63, 3.8) is 0 Å². The van der Waals surface area contributed by atoms with Gasteiger partial charge in [-0.05, 0) is 24.6 Å². The number of anilines is 1. The number of ether oxygens (including phenoxy) is 2. The van der Waals surface area contributed by atoms with Crippen LogP contribution in [0.15, 0.2) is 24.5 Å². The second-order valence-corrected chi connectivity index (χ2v) is 4.44.